The van der Waals surface area contributed by atoms with E-state index in [1.807, 2.05) is 20.8 Å². The molecule has 0 amide bonds. The van der Waals surface area contributed by atoms with Crippen LogP contribution in [0.25, 0.3) is 0 Å². The zero-order valence-corrected chi connectivity index (χ0v) is 9.11. The van der Waals surface area contributed by atoms with E-state index in [1.165, 1.54) is 0 Å². The molecule has 1 heterocycles. The maximum Gasteiger partial charge on any atom is 0.196 e. The number of allylic oxidation sites excluding steroid dienone is 1. The molecule has 0 saturated heterocycles. The lowest BCUT2D eigenvalue weighted by atomic mass is 10.1. The van der Waals surface area contributed by atoms with Crippen LogP contribution >= 0.6 is 11.6 Å². The minimum absolute atomic E-state index is 0.161. The number of nitrogens with zero attached hydrogens (tertiary/aromatic N) is 1. The van der Waals surface area contributed by atoms with Crippen LogP contribution in [-0.4, -0.2) is 17.4 Å². The van der Waals surface area contributed by atoms with Crippen molar-refractivity contribution in [3.8, 4) is 0 Å². The van der Waals surface area contributed by atoms with Gasteiger partial charge in [0.1, 0.15) is 0 Å². The lowest BCUT2D eigenvalue weighted by Gasteiger charge is -2.25. The third kappa shape index (κ3) is 3.51. The number of nitrogens with one attached hydrogen (secondary N) is 3. The second-order valence-electron chi connectivity index (χ2n) is 3.98. The SMILES string of the molecule is CC(C)(C)NNC1=C(F)C=NC(Cl)N1. The first-order valence-corrected chi connectivity index (χ1v) is 4.69. The molecule has 0 saturated carbocycles. The molecule has 0 aromatic carbocycles. The van der Waals surface area contributed by atoms with Gasteiger partial charge in [0.15, 0.2) is 17.3 Å². The molecule has 1 aliphatic heterocycles. The number of hydrazine groups is 1. The minimum atomic E-state index is -0.626. The second-order valence-corrected chi connectivity index (χ2v) is 4.39. The van der Waals surface area contributed by atoms with Gasteiger partial charge in [-0.05, 0) is 20.8 Å². The van der Waals surface area contributed by atoms with Crippen LogP contribution < -0.4 is 16.2 Å². The zero-order valence-electron chi connectivity index (χ0n) is 8.36. The molecule has 1 rings (SSSR count). The van der Waals surface area contributed by atoms with Crippen LogP contribution in [0.15, 0.2) is 16.6 Å². The minimum Gasteiger partial charge on any atom is -0.334 e. The normalized spacial score (nSPS) is 22.2. The first-order chi connectivity index (χ1) is 6.38. The van der Waals surface area contributed by atoms with Crippen molar-refractivity contribution in [3.63, 3.8) is 0 Å². The summed E-state index contributed by atoms with van der Waals surface area (Å²) < 4.78 is 13.1. The highest BCUT2D eigenvalue weighted by molar-refractivity contribution is 6.21. The summed E-state index contributed by atoms with van der Waals surface area (Å²) in [6, 6.07) is 0. The van der Waals surface area contributed by atoms with E-state index in [1.54, 1.807) is 0 Å². The molecular formula is C8H14ClFN4. The largest absolute Gasteiger partial charge is 0.334 e. The standard InChI is InChI=1S/C8H14ClFN4/c1-8(2,3)14-13-6-5(10)4-11-7(9)12-6/h4,7,12-14H,1-3H3. The van der Waals surface area contributed by atoms with Crippen molar-refractivity contribution in [2.75, 3.05) is 0 Å². The van der Waals surface area contributed by atoms with E-state index in [-0.39, 0.29) is 11.4 Å². The van der Waals surface area contributed by atoms with Crippen LogP contribution in [0.3, 0.4) is 0 Å². The summed E-state index contributed by atoms with van der Waals surface area (Å²) in [4.78, 5) is 3.63. The van der Waals surface area contributed by atoms with Crippen LogP contribution in [0.5, 0.6) is 0 Å². The lowest BCUT2D eigenvalue weighted by molar-refractivity contribution is 0.366. The smallest absolute Gasteiger partial charge is 0.196 e. The van der Waals surface area contributed by atoms with Gasteiger partial charge in [-0.2, -0.15) is 0 Å². The number of hydrogen-bond donors (Lipinski definition) is 3. The van der Waals surface area contributed by atoms with Crippen molar-refractivity contribution in [3.05, 3.63) is 11.6 Å². The number of rotatable bonds is 2. The average Bonchev–Trinajstić information content (AvgIpc) is 2.05. The number of alkyl halides is 1. The second kappa shape index (κ2) is 4.14. The van der Waals surface area contributed by atoms with Crippen LogP contribution in [0.1, 0.15) is 20.8 Å². The maximum absolute atomic E-state index is 13.1. The van der Waals surface area contributed by atoms with E-state index in [9.17, 15) is 4.39 Å². The molecule has 0 bridgehead atoms. The van der Waals surface area contributed by atoms with Crippen molar-refractivity contribution in [2.45, 2.75) is 31.9 Å². The van der Waals surface area contributed by atoms with E-state index in [0.29, 0.717) is 0 Å². The first kappa shape index (κ1) is 11.3. The molecule has 4 nitrogen and oxygen atoms in total. The molecule has 0 fully saturated rings. The quantitative estimate of drug-likeness (QED) is 0.373. The lowest BCUT2D eigenvalue weighted by Crippen LogP contribution is -2.49. The van der Waals surface area contributed by atoms with Gasteiger partial charge in [0.2, 0.25) is 0 Å². The number of halogens is 2. The molecule has 3 N–H and O–H groups in total. The third-order valence-corrected chi connectivity index (χ3v) is 1.61. The number of aliphatic imine (C=N–C) groups is 1. The van der Waals surface area contributed by atoms with Crippen LogP contribution in [0.2, 0.25) is 0 Å². The molecule has 0 aromatic heterocycles. The van der Waals surface area contributed by atoms with Crippen LogP contribution in [0, 0.1) is 0 Å². The highest BCUT2D eigenvalue weighted by Crippen LogP contribution is 2.08. The van der Waals surface area contributed by atoms with E-state index in [2.05, 4.69) is 21.2 Å². The van der Waals surface area contributed by atoms with Crippen LogP contribution in [0.4, 0.5) is 4.39 Å². The summed E-state index contributed by atoms with van der Waals surface area (Å²) in [5.41, 5.74) is 4.83. The number of hydrogen-bond acceptors (Lipinski definition) is 4. The van der Waals surface area contributed by atoms with Crippen molar-refractivity contribution < 1.29 is 4.39 Å². The van der Waals surface area contributed by atoms with E-state index >= 15 is 0 Å². The van der Waals surface area contributed by atoms with E-state index < -0.39 is 11.5 Å². The Balaban J connectivity index is 2.55. The highest BCUT2D eigenvalue weighted by atomic mass is 35.5. The van der Waals surface area contributed by atoms with Crippen molar-refractivity contribution in [1.29, 1.82) is 0 Å². The Hall–Kier alpha value is -0.810. The topological polar surface area (TPSA) is 48.5 Å². The molecule has 0 radical (unpaired) electrons. The molecule has 0 aliphatic carbocycles. The Kier molecular flexibility index (Phi) is 3.34. The molecule has 1 unspecified atom stereocenters. The Morgan fingerprint density at radius 3 is 2.79 bits per heavy atom. The van der Waals surface area contributed by atoms with Gasteiger partial charge in [-0.15, -0.1) is 0 Å². The maximum atomic E-state index is 13.1. The zero-order chi connectivity index (χ0) is 10.8. The Morgan fingerprint density at radius 1 is 1.57 bits per heavy atom. The first-order valence-electron chi connectivity index (χ1n) is 4.25. The van der Waals surface area contributed by atoms with Gasteiger partial charge < -0.3 is 10.7 Å². The summed E-state index contributed by atoms with van der Waals surface area (Å²) in [6.45, 7) is 5.86. The Labute approximate surface area is 87.6 Å². The van der Waals surface area contributed by atoms with Gasteiger partial charge in [0, 0.05) is 5.54 Å². The average molecular weight is 221 g/mol. The highest BCUT2D eigenvalue weighted by Gasteiger charge is 2.16. The van der Waals surface area contributed by atoms with Gasteiger partial charge in [-0.25, -0.2) is 14.8 Å². The molecule has 1 aliphatic rings. The predicted molar refractivity (Wildman–Crippen MR) is 55.4 cm³/mol. The summed E-state index contributed by atoms with van der Waals surface area (Å²) in [6.07, 6.45) is 1.08. The molecule has 0 aromatic rings. The van der Waals surface area contributed by atoms with Crippen molar-refractivity contribution >= 4 is 17.8 Å². The van der Waals surface area contributed by atoms with Gasteiger partial charge in [0.25, 0.3) is 0 Å². The van der Waals surface area contributed by atoms with Crippen LogP contribution in [-0.2, 0) is 0 Å². The Bertz CT molecular complexity index is 269. The molecule has 0 spiro atoms. The monoisotopic (exact) mass is 220 g/mol. The molecule has 80 valence electrons. The van der Waals surface area contributed by atoms with Crippen molar-refractivity contribution in [1.82, 2.24) is 16.2 Å². The molecule has 6 heteroatoms. The summed E-state index contributed by atoms with van der Waals surface area (Å²) in [7, 11) is 0. The van der Waals surface area contributed by atoms with Gasteiger partial charge >= 0.3 is 0 Å². The molecule has 14 heavy (non-hydrogen) atoms. The Morgan fingerprint density at radius 2 is 2.21 bits per heavy atom. The fraction of sp³-hybridized carbons (Fsp3) is 0.625. The van der Waals surface area contributed by atoms with E-state index in [4.69, 9.17) is 11.6 Å². The fourth-order valence-corrected chi connectivity index (χ4v) is 0.932. The van der Waals surface area contributed by atoms with Gasteiger partial charge in [-0.1, -0.05) is 11.6 Å². The predicted octanol–water partition coefficient (Wildman–Crippen LogP) is 1.21. The van der Waals surface area contributed by atoms with Crippen molar-refractivity contribution in [2.24, 2.45) is 4.99 Å². The molecule has 1 atom stereocenters. The van der Waals surface area contributed by atoms with E-state index in [0.717, 1.165) is 6.21 Å². The van der Waals surface area contributed by atoms with Gasteiger partial charge in [-0.3, -0.25) is 0 Å². The third-order valence-electron chi connectivity index (χ3n) is 1.38. The summed E-state index contributed by atoms with van der Waals surface area (Å²) >= 11 is 5.65. The summed E-state index contributed by atoms with van der Waals surface area (Å²) in [5.74, 6) is -0.270. The summed E-state index contributed by atoms with van der Waals surface area (Å²) in [5, 5.41) is 2.64. The fourth-order valence-electron chi connectivity index (χ4n) is 0.767. The van der Waals surface area contributed by atoms with Gasteiger partial charge in [0.05, 0.1) is 6.21 Å². The molecular weight excluding hydrogens is 207 g/mol.